The van der Waals surface area contributed by atoms with Crippen LogP contribution >= 0.6 is 46.4 Å². The molecule has 0 fully saturated rings. The van der Waals surface area contributed by atoms with Gasteiger partial charge < -0.3 is 41.7 Å². The summed E-state index contributed by atoms with van der Waals surface area (Å²) in [6.45, 7) is 0. The molecule has 0 atom stereocenters. The highest BCUT2D eigenvalue weighted by Gasteiger charge is 2.25. The van der Waals surface area contributed by atoms with Gasteiger partial charge >= 0.3 is 0 Å². The van der Waals surface area contributed by atoms with E-state index in [1.54, 1.807) is 158 Å². The zero-order valence-corrected chi connectivity index (χ0v) is 61.8. The molecule has 14 aromatic rings. The van der Waals surface area contributed by atoms with Gasteiger partial charge in [-0.2, -0.15) is 27.1 Å². The maximum Gasteiger partial charge on any atom is 0.294 e. The number of fused-ring (bicyclic) bond motifs is 4. The Balaban J connectivity index is 0.000000197. The Bertz CT molecular complexity index is 6130. The van der Waals surface area contributed by atoms with Crippen molar-refractivity contribution in [3.05, 3.63) is 297 Å². The van der Waals surface area contributed by atoms with Crippen molar-refractivity contribution in [2.45, 2.75) is 9.79 Å². The lowest BCUT2D eigenvalue weighted by atomic mass is 10.0. The first-order valence-electron chi connectivity index (χ1n) is 32.9. The molecule has 0 aliphatic carbocycles. The summed E-state index contributed by atoms with van der Waals surface area (Å²) in [7, 11) is -8.82. The van der Waals surface area contributed by atoms with E-state index in [4.69, 9.17) is 46.4 Å². The van der Waals surface area contributed by atoms with E-state index in [1.807, 2.05) is 0 Å². The van der Waals surface area contributed by atoms with E-state index in [-0.39, 0.29) is 89.0 Å². The predicted molar refractivity (Wildman–Crippen MR) is 429 cm³/mol. The number of carbonyl (C=O) groups is 4. The van der Waals surface area contributed by atoms with Gasteiger partial charge in [0, 0.05) is 54.3 Å². The summed E-state index contributed by atoms with van der Waals surface area (Å²) in [5, 5.41) is 95.1. The molecule has 0 aromatic heterocycles. The zero-order chi connectivity index (χ0) is 79.1. The highest BCUT2D eigenvalue weighted by molar-refractivity contribution is 7.86. The molecule has 0 saturated carbocycles. The first-order valence-corrected chi connectivity index (χ1v) is 37.3. The summed E-state index contributed by atoms with van der Waals surface area (Å²) in [6, 6.07) is 65.5. The number of benzene rings is 14. The monoisotopic (exact) mass is 1610 g/mol. The topological polar surface area (TPSA) is 405 Å². The third-order valence-corrected chi connectivity index (χ3v) is 19.7. The lowest BCUT2D eigenvalue weighted by Crippen LogP contribution is -2.13. The third-order valence-electron chi connectivity index (χ3n) is 16.9. The fourth-order valence-electron chi connectivity index (χ4n) is 11.4. The minimum Gasteiger partial charge on any atom is -0.505 e. The van der Waals surface area contributed by atoms with Gasteiger partial charge in [0.05, 0.1) is 53.5 Å². The van der Waals surface area contributed by atoms with Gasteiger partial charge in [0.2, 0.25) is 0 Å². The summed E-state index contributed by atoms with van der Waals surface area (Å²) >= 11 is 24.7. The number of hydrogen-bond acceptors (Lipinski definition) is 20. The van der Waals surface area contributed by atoms with E-state index >= 15 is 0 Å². The van der Waals surface area contributed by atoms with Crippen LogP contribution in [-0.2, 0) is 20.2 Å². The van der Waals surface area contributed by atoms with Crippen LogP contribution < -0.4 is 21.3 Å². The van der Waals surface area contributed by atoms with Crippen molar-refractivity contribution in [2.24, 2.45) is 40.9 Å². The first-order chi connectivity index (χ1) is 53.7. The van der Waals surface area contributed by atoms with E-state index in [0.29, 0.717) is 85.9 Å². The number of amides is 4. The van der Waals surface area contributed by atoms with Gasteiger partial charge in [-0.25, -0.2) is 0 Å². The molecule has 112 heavy (non-hydrogen) atoms. The number of halogens is 4. The molecule has 0 saturated heterocycles. The normalized spacial score (nSPS) is 11.8. The molecule has 4 amide bonds. The molecule has 26 nitrogen and oxygen atoms in total. The number of phenols is 4. The molecule has 10 N–H and O–H groups in total. The summed E-state index contributed by atoms with van der Waals surface area (Å²) in [5.74, 6) is -4.32. The van der Waals surface area contributed by atoms with Gasteiger partial charge in [-0.15, -0.1) is 30.7 Å². The fraction of sp³-hybridized carbons (Fsp3) is 0. The van der Waals surface area contributed by atoms with Crippen LogP contribution in [0.15, 0.2) is 305 Å². The number of carbonyl (C=O) groups excluding carboxylic acids is 4. The van der Waals surface area contributed by atoms with E-state index in [0.717, 1.165) is 24.3 Å². The van der Waals surface area contributed by atoms with Gasteiger partial charge in [0.25, 0.3) is 43.9 Å². The van der Waals surface area contributed by atoms with Gasteiger partial charge in [-0.1, -0.05) is 143 Å². The summed E-state index contributed by atoms with van der Waals surface area (Å²) < 4.78 is 64.0. The van der Waals surface area contributed by atoms with Crippen LogP contribution in [0.2, 0.25) is 20.1 Å². The summed E-state index contributed by atoms with van der Waals surface area (Å²) in [5.41, 5.74) is 2.12. The molecule has 0 radical (unpaired) electrons. The average molecular weight is 1610 g/mol. The Hall–Kier alpha value is -13.4. The summed E-state index contributed by atoms with van der Waals surface area (Å²) in [4.78, 5) is 53.3. The Morgan fingerprint density at radius 1 is 0.286 bits per heavy atom. The van der Waals surface area contributed by atoms with Crippen LogP contribution in [0, 0.1) is 0 Å². The molecule has 556 valence electrons. The van der Waals surface area contributed by atoms with Crippen molar-refractivity contribution < 1.29 is 65.5 Å². The third kappa shape index (κ3) is 17.5. The van der Waals surface area contributed by atoms with E-state index in [2.05, 4.69) is 62.2 Å². The molecule has 0 bridgehead atoms. The minimum absolute atomic E-state index is 0.0175. The van der Waals surface area contributed by atoms with Crippen LogP contribution in [0.3, 0.4) is 0 Å². The van der Waals surface area contributed by atoms with E-state index in [1.165, 1.54) is 72.8 Å². The number of nitrogens with one attached hydrogen (secondary N) is 4. The lowest BCUT2D eigenvalue weighted by molar-refractivity contribution is 0.101. The largest absolute Gasteiger partial charge is 0.505 e. The molecule has 0 aliphatic rings. The SMILES string of the molecule is O=C(Nc1ccc(NC(=O)c2cc3ccccc3c(N=Nc3cc(Cl)ccc3Cl)c2O)cc1)c1cc2ccccc2c(N=Nc2cc(Cl)ccc2Cl)c1O.O=C(Nc1ccc(NC(=O)c2cc3ccccc3c(N=Nc3ccc(S(=O)(=O)O)cc3)c2O)cc1)c1cc2ccccc2c(N=Nc2ccc(S(=O)(=O)O)cc2)c1O. The van der Waals surface area contributed by atoms with Gasteiger partial charge in [0.1, 0.15) is 34.1 Å². The maximum atomic E-state index is 13.5. The molecule has 0 spiro atoms. The zero-order valence-electron chi connectivity index (χ0n) is 57.1. The fourth-order valence-corrected chi connectivity index (χ4v) is 13.0. The second-order valence-electron chi connectivity index (χ2n) is 24.3. The number of nitrogens with zero attached hydrogens (tertiary/aromatic N) is 8. The van der Waals surface area contributed by atoms with Gasteiger partial charge in [-0.3, -0.25) is 28.3 Å². The van der Waals surface area contributed by atoms with Crippen molar-refractivity contribution in [1.82, 2.24) is 0 Å². The van der Waals surface area contributed by atoms with E-state index < -0.39 is 55.4 Å². The molecule has 0 aliphatic heterocycles. The van der Waals surface area contributed by atoms with Gasteiger partial charge in [-0.05, 0) is 179 Å². The number of hydrogen-bond donors (Lipinski definition) is 10. The number of azo groups is 4. The molecule has 0 heterocycles. The Labute approximate surface area is 654 Å². The standard InChI is InChI=1S/C40H24Cl4N6O4.C40H28N6O10S2/c41-23-9-15-31(43)33(19-23)47-49-35-27-7-3-1-5-21(27)17-29(37(35)51)39(53)45-25-11-13-26(14-12-25)46-40(54)30-18-22-6-2-4-8-28(22)36(38(30)52)50-48-34-20-24(42)10-16-32(34)44;47-37-33(21-23-5-1-3-7-31(23)35(37)45-43-27-13-17-29(18-14-27)57(51,52)53)39(49)41-25-9-11-26(12-10-25)42-40(50)34-22-24-6-2-4-8-32(24)36(38(34)48)46-44-28-15-19-30(20-16-28)58(54,55)56/h1-20,51-52H,(H,45,53)(H,46,54);1-22,47-48H,(H,41,49)(H,42,50)(H,51,52,53)(H,54,55,56). The highest BCUT2D eigenvalue weighted by Crippen LogP contribution is 2.45. The van der Waals surface area contributed by atoms with Crippen molar-refractivity contribution >= 4 is 202 Å². The average Bonchev–Trinajstić information content (AvgIpc) is 0.793. The summed E-state index contributed by atoms with van der Waals surface area (Å²) in [6.07, 6.45) is 0. The van der Waals surface area contributed by atoms with Crippen molar-refractivity contribution in [1.29, 1.82) is 0 Å². The molecule has 32 heteroatoms. The van der Waals surface area contributed by atoms with E-state index in [9.17, 15) is 65.5 Å². The van der Waals surface area contributed by atoms with Crippen LogP contribution in [0.5, 0.6) is 23.0 Å². The smallest absolute Gasteiger partial charge is 0.294 e. The van der Waals surface area contributed by atoms with Crippen LogP contribution in [0.25, 0.3) is 43.1 Å². The number of anilines is 4. The van der Waals surface area contributed by atoms with Crippen molar-refractivity contribution in [2.75, 3.05) is 21.3 Å². The quantitative estimate of drug-likeness (QED) is 0.0282. The Morgan fingerprint density at radius 3 is 0.777 bits per heavy atom. The molecule has 14 aromatic carbocycles. The highest BCUT2D eigenvalue weighted by atomic mass is 35.5. The predicted octanol–water partition coefficient (Wildman–Crippen LogP) is 22.6. The second kappa shape index (κ2) is 32.8. The number of rotatable bonds is 18. The molecule has 0 unspecified atom stereocenters. The Morgan fingerprint density at radius 2 is 0.527 bits per heavy atom. The molecular weight excluding hydrogens is 1560 g/mol. The van der Waals surface area contributed by atoms with Crippen LogP contribution in [0.4, 0.5) is 68.2 Å². The molecule has 14 rings (SSSR count). The maximum absolute atomic E-state index is 13.5. The minimum atomic E-state index is -4.41. The lowest BCUT2D eigenvalue weighted by Gasteiger charge is -2.13. The first kappa shape index (κ1) is 76.8. The second-order valence-corrected chi connectivity index (χ2v) is 28.8. The van der Waals surface area contributed by atoms with Gasteiger partial charge in [0.15, 0.2) is 23.0 Å². The Kier molecular flexibility index (Phi) is 22.5. The van der Waals surface area contributed by atoms with Crippen molar-refractivity contribution in [3.63, 3.8) is 0 Å². The van der Waals surface area contributed by atoms with Crippen LogP contribution in [-0.4, -0.2) is 70.0 Å². The van der Waals surface area contributed by atoms with Crippen LogP contribution in [0.1, 0.15) is 41.4 Å². The number of aromatic hydroxyl groups is 4. The molecular formula is C80H52Cl4N12O14S2. The van der Waals surface area contributed by atoms with Crippen molar-refractivity contribution in [3.8, 4) is 23.0 Å². The number of phenolic OH excluding ortho intramolecular Hbond substituents is 4.